The van der Waals surface area contributed by atoms with E-state index in [0.29, 0.717) is 12.3 Å². The molecule has 122 valence electrons. The molecule has 1 aromatic carbocycles. The zero-order valence-corrected chi connectivity index (χ0v) is 13.3. The third-order valence-electron chi connectivity index (χ3n) is 4.45. The lowest BCUT2D eigenvalue weighted by Gasteiger charge is -2.20. The monoisotopic (exact) mass is 322 g/mol. The van der Waals surface area contributed by atoms with Crippen molar-refractivity contribution in [2.75, 3.05) is 6.61 Å². The van der Waals surface area contributed by atoms with E-state index in [9.17, 15) is 4.79 Å². The molecule has 3 aromatic rings. The van der Waals surface area contributed by atoms with Gasteiger partial charge in [-0.2, -0.15) is 5.10 Å². The second kappa shape index (κ2) is 6.05. The van der Waals surface area contributed by atoms with Crippen LogP contribution >= 0.6 is 0 Å². The molecule has 1 N–H and O–H groups in total. The van der Waals surface area contributed by atoms with E-state index in [4.69, 9.17) is 4.74 Å². The minimum absolute atomic E-state index is 0.0892. The summed E-state index contributed by atoms with van der Waals surface area (Å²) in [4.78, 5) is 17.0. The molecule has 0 radical (unpaired) electrons. The normalized spacial score (nSPS) is 20.4. The number of pyridine rings is 1. The van der Waals surface area contributed by atoms with E-state index in [1.54, 1.807) is 17.1 Å². The molecule has 0 unspecified atom stereocenters. The lowest BCUT2D eigenvalue weighted by atomic mass is 10.1. The second-order valence-corrected chi connectivity index (χ2v) is 5.92. The van der Waals surface area contributed by atoms with Crippen LogP contribution in [-0.4, -0.2) is 33.3 Å². The van der Waals surface area contributed by atoms with Gasteiger partial charge in [0.1, 0.15) is 11.8 Å². The first-order valence-electron chi connectivity index (χ1n) is 7.98. The summed E-state index contributed by atoms with van der Waals surface area (Å²) in [5.41, 5.74) is 1.41. The van der Waals surface area contributed by atoms with Crippen molar-refractivity contribution in [3.8, 4) is 0 Å². The number of carbonyl (C=O) groups excluding carboxylic acids is 1. The van der Waals surface area contributed by atoms with Crippen LogP contribution < -0.4 is 5.32 Å². The van der Waals surface area contributed by atoms with Crippen LogP contribution in [0.25, 0.3) is 10.8 Å². The summed E-state index contributed by atoms with van der Waals surface area (Å²) in [5, 5.41) is 9.13. The first-order valence-corrected chi connectivity index (χ1v) is 7.98. The zero-order valence-electron chi connectivity index (χ0n) is 13.3. The largest absolute Gasteiger partial charge is 0.370 e. The van der Waals surface area contributed by atoms with Gasteiger partial charge in [0.15, 0.2) is 0 Å². The number of carbonyl (C=O) groups is 1. The highest BCUT2D eigenvalue weighted by molar-refractivity contribution is 6.05. The average Bonchev–Trinajstić information content (AvgIpc) is 3.22. The van der Waals surface area contributed by atoms with Crippen LogP contribution in [0.4, 0.5) is 0 Å². The molecule has 1 fully saturated rings. The van der Waals surface area contributed by atoms with Crippen LogP contribution in [0.5, 0.6) is 0 Å². The van der Waals surface area contributed by atoms with E-state index >= 15 is 0 Å². The van der Waals surface area contributed by atoms with Gasteiger partial charge in [0.2, 0.25) is 0 Å². The van der Waals surface area contributed by atoms with Crippen molar-refractivity contribution in [3.63, 3.8) is 0 Å². The van der Waals surface area contributed by atoms with Gasteiger partial charge in [-0.05, 0) is 23.9 Å². The molecule has 3 heterocycles. The van der Waals surface area contributed by atoms with Gasteiger partial charge in [-0.25, -0.2) is 0 Å². The predicted molar refractivity (Wildman–Crippen MR) is 89.5 cm³/mol. The molecule has 1 aliphatic rings. The predicted octanol–water partition coefficient (Wildman–Crippen LogP) is 2.23. The summed E-state index contributed by atoms with van der Waals surface area (Å²) in [6.07, 6.45) is 3.99. The van der Waals surface area contributed by atoms with Crippen molar-refractivity contribution in [2.24, 2.45) is 7.05 Å². The number of aromatic nitrogens is 3. The Kier molecular flexibility index (Phi) is 3.74. The molecule has 1 aliphatic heterocycles. The van der Waals surface area contributed by atoms with E-state index in [2.05, 4.69) is 15.4 Å². The molecule has 6 nitrogen and oxygen atoms in total. The molecule has 2 aromatic heterocycles. The fourth-order valence-electron chi connectivity index (χ4n) is 3.23. The van der Waals surface area contributed by atoms with Crippen molar-refractivity contribution in [2.45, 2.75) is 18.6 Å². The van der Waals surface area contributed by atoms with E-state index in [0.717, 1.165) is 22.9 Å². The summed E-state index contributed by atoms with van der Waals surface area (Å²) >= 11 is 0. The Morgan fingerprint density at radius 3 is 2.96 bits per heavy atom. The number of hydrogen-bond acceptors (Lipinski definition) is 4. The van der Waals surface area contributed by atoms with Gasteiger partial charge >= 0.3 is 0 Å². The van der Waals surface area contributed by atoms with Crippen molar-refractivity contribution < 1.29 is 9.53 Å². The summed E-state index contributed by atoms with van der Waals surface area (Å²) in [6.45, 7) is 0.615. The minimum Gasteiger partial charge on any atom is -0.370 e. The van der Waals surface area contributed by atoms with Crippen molar-refractivity contribution >= 4 is 16.7 Å². The number of aryl methyl sites for hydroxylation is 1. The molecular formula is C18H18N4O2. The maximum Gasteiger partial charge on any atom is 0.270 e. The Balaban J connectivity index is 1.60. The molecule has 24 heavy (non-hydrogen) atoms. The summed E-state index contributed by atoms with van der Waals surface area (Å²) in [5.74, 6) is -0.172. The number of amides is 1. The molecule has 0 aliphatic carbocycles. The van der Waals surface area contributed by atoms with Gasteiger partial charge in [-0.15, -0.1) is 0 Å². The van der Waals surface area contributed by atoms with Crippen LogP contribution in [0.15, 0.2) is 48.8 Å². The number of nitrogens with one attached hydrogen (secondary N) is 1. The number of benzene rings is 1. The third-order valence-corrected chi connectivity index (χ3v) is 4.45. The van der Waals surface area contributed by atoms with E-state index in [1.165, 1.54) is 0 Å². The first kappa shape index (κ1) is 14.8. The van der Waals surface area contributed by atoms with E-state index < -0.39 is 0 Å². The first-order chi connectivity index (χ1) is 11.7. The van der Waals surface area contributed by atoms with Gasteiger partial charge in [-0.1, -0.05) is 24.3 Å². The average molecular weight is 322 g/mol. The quantitative estimate of drug-likeness (QED) is 0.803. The van der Waals surface area contributed by atoms with E-state index in [-0.39, 0.29) is 18.1 Å². The molecule has 1 amide bonds. The molecular weight excluding hydrogens is 304 g/mol. The standard InChI is InChI=1S/C18H18N4O2/c1-22-15(7-10-20-22)17-14(8-11-24-17)21-18(23)16-13-5-3-2-4-12(13)6-9-19-16/h2-7,9-10,14,17H,8,11H2,1H3,(H,21,23)/t14-,17-/m0/s1. The number of nitrogens with zero attached hydrogens (tertiary/aromatic N) is 3. The van der Waals surface area contributed by atoms with Crippen molar-refractivity contribution in [3.05, 3.63) is 60.2 Å². The van der Waals surface area contributed by atoms with Crippen LogP contribution in [-0.2, 0) is 11.8 Å². The summed E-state index contributed by atoms with van der Waals surface area (Å²) in [6, 6.07) is 11.5. The van der Waals surface area contributed by atoms with Crippen LogP contribution in [0.3, 0.4) is 0 Å². The van der Waals surface area contributed by atoms with Gasteiger partial charge in [-0.3, -0.25) is 14.5 Å². The highest BCUT2D eigenvalue weighted by atomic mass is 16.5. The smallest absolute Gasteiger partial charge is 0.270 e. The Hall–Kier alpha value is -2.73. The lowest BCUT2D eigenvalue weighted by molar-refractivity contribution is 0.0790. The molecule has 6 heteroatoms. The molecule has 4 rings (SSSR count). The van der Waals surface area contributed by atoms with E-state index in [1.807, 2.05) is 43.4 Å². The van der Waals surface area contributed by atoms with Gasteiger partial charge < -0.3 is 10.1 Å². The molecule has 0 bridgehead atoms. The molecule has 2 atom stereocenters. The Bertz CT molecular complexity index is 884. The fraction of sp³-hybridized carbons (Fsp3) is 0.278. The Labute approximate surface area is 139 Å². The minimum atomic E-state index is -0.184. The SMILES string of the molecule is Cn1nccc1[C@H]1OCC[C@@H]1NC(=O)c1nccc2ccccc12. The number of fused-ring (bicyclic) bond motifs is 1. The molecule has 0 spiro atoms. The Morgan fingerprint density at radius 1 is 1.25 bits per heavy atom. The number of ether oxygens (including phenoxy) is 1. The number of hydrogen-bond donors (Lipinski definition) is 1. The Morgan fingerprint density at radius 2 is 2.12 bits per heavy atom. The molecule has 1 saturated heterocycles. The van der Waals surface area contributed by atoms with Gasteiger partial charge in [0.05, 0.1) is 11.7 Å². The summed E-state index contributed by atoms with van der Waals surface area (Å²) < 4.78 is 7.60. The van der Waals surface area contributed by atoms with Crippen LogP contribution in [0.1, 0.15) is 28.7 Å². The van der Waals surface area contributed by atoms with Crippen LogP contribution in [0, 0.1) is 0 Å². The third kappa shape index (κ3) is 2.55. The molecule has 0 saturated carbocycles. The summed E-state index contributed by atoms with van der Waals surface area (Å²) in [7, 11) is 1.88. The second-order valence-electron chi connectivity index (χ2n) is 5.92. The van der Waals surface area contributed by atoms with Gasteiger partial charge in [0, 0.05) is 31.4 Å². The van der Waals surface area contributed by atoms with Crippen molar-refractivity contribution in [1.29, 1.82) is 0 Å². The number of rotatable bonds is 3. The maximum absolute atomic E-state index is 12.8. The lowest BCUT2D eigenvalue weighted by Crippen LogP contribution is -2.37. The van der Waals surface area contributed by atoms with Crippen molar-refractivity contribution in [1.82, 2.24) is 20.1 Å². The fourth-order valence-corrected chi connectivity index (χ4v) is 3.23. The van der Waals surface area contributed by atoms with Crippen LogP contribution in [0.2, 0.25) is 0 Å². The maximum atomic E-state index is 12.8. The highest BCUT2D eigenvalue weighted by Gasteiger charge is 2.33. The topological polar surface area (TPSA) is 69.0 Å². The van der Waals surface area contributed by atoms with Gasteiger partial charge in [0.25, 0.3) is 5.91 Å². The zero-order chi connectivity index (χ0) is 16.5. The highest BCUT2D eigenvalue weighted by Crippen LogP contribution is 2.29.